The van der Waals surface area contributed by atoms with E-state index in [9.17, 15) is 9.59 Å². The highest BCUT2D eigenvalue weighted by atomic mass is 35.5. The second-order valence-corrected chi connectivity index (χ2v) is 8.49. The van der Waals surface area contributed by atoms with Gasteiger partial charge >= 0.3 is 6.03 Å². The minimum Gasteiger partial charge on any atom is -0.398 e. The van der Waals surface area contributed by atoms with Crippen LogP contribution in [0.2, 0.25) is 5.02 Å². The molecule has 0 bridgehead atoms. The lowest BCUT2D eigenvalue weighted by atomic mass is 9.99. The molecule has 0 saturated heterocycles. The van der Waals surface area contributed by atoms with E-state index in [2.05, 4.69) is 15.4 Å². The van der Waals surface area contributed by atoms with Gasteiger partial charge in [-0.1, -0.05) is 11.6 Å². The third kappa shape index (κ3) is 4.67. The monoisotopic (exact) mass is 490 g/mol. The van der Waals surface area contributed by atoms with Gasteiger partial charge in [0.1, 0.15) is 0 Å². The first kappa shape index (κ1) is 23.8. The van der Waals surface area contributed by atoms with Crippen molar-refractivity contribution in [1.82, 2.24) is 14.7 Å². The van der Waals surface area contributed by atoms with Crippen molar-refractivity contribution in [3.63, 3.8) is 0 Å². The van der Waals surface area contributed by atoms with Crippen molar-refractivity contribution in [3.8, 4) is 6.07 Å². The highest BCUT2D eigenvalue weighted by molar-refractivity contribution is 6.35. The number of aliphatic imine (C=N–C) groups is 1. The number of halogens is 1. The average Bonchev–Trinajstić information content (AvgIpc) is 3.13. The van der Waals surface area contributed by atoms with Crippen molar-refractivity contribution in [3.05, 3.63) is 63.8 Å². The number of aryl methyl sites for hydroxylation is 2. The molecule has 0 spiro atoms. The summed E-state index contributed by atoms with van der Waals surface area (Å²) in [6, 6.07) is 11.6. The molecule has 10 nitrogen and oxygen atoms in total. The molecular weight excluding hydrogens is 468 g/mol. The van der Waals surface area contributed by atoms with Crippen LogP contribution in [0.15, 0.2) is 47.0 Å². The molecule has 1 aromatic heterocycles. The van der Waals surface area contributed by atoms with E-state index in [1.165, 1.54) is 4.90 Å². The zero-order chi connectivity index (χ0) is 25.3. The van der Waals surface area contributed by atoms with Crippen molar-refractivity contribution in [2.24, 2.45) is 23.5 Å². The van der Waals surface area contributed by atoms with E-state index in [4.69, 9.17) is 28.3 Å². The average molecular weight is 491 g/mol. The number of rotatable bonds is 4. The molecule has 2 aromatic carbocycles. The van der Waals surface area contributed by atoms with Crippen LogP contribution in [-0.2, 0) is 11.8 Å². The molecular formula is C24H23ClN8O2. The van der Waals surface area contributed by atoms with Crippen LogP contribution in [0.4, 0.5) is 10.5 Å². The summed E-state index contributed by atoms with van der Waals surface area (Å²) in [5.41, 5.74) is 15.7. The summed E-state index contributed by atoms with van der Waals surface area (Å²) in [7, 11) is 1.79. The molecule has 5 N–H and O–H groups in total. The number of anilines is 1. The van der Waals surface area contributed by atoms with Crippen molar-refractivity contribution in [2.45, 2.75) is 6.92 Å². The highest BCUT2D eigenvalue weighted by Crippen LogP contribution is 2.30. The normalized spacial score (nSPS) is 14.2. The molecule has 1 aliphatic rings. The molecule has 11 heteroatoms. The lowest BCUT2D eigenvalue weighted by molar-refractivity contribution is -0.114. The number of nitrogens with zero attached hydrogens (tertiary/aromatic N) is 5. The molecule has 3 amide bonds. The number of hydrogen-bond donors (Lipinski definition) is 3. The summed E-state index contributed by atoms with van der Waals surface area (Å²) in [5, 5.41) is 17.3. The summed E-state index contributed by atoms with van der Waals surface area (Å²) in [6.45, 7) is 2.53. The zero-order valence-electron chi connectivity index (χ0n) is 19.2. The molecule has 4 rings (SSSR count). The van der Waals surface area contributed by atoms with Crippen LogP contribution in [-0.4, -0.2) is 52.0 Å². The SMILES string of the molecule is Cc1nn(C)c2c(Cl)cc(C(N)=C(C(N)=O)C3=NCCN(C(=O)Nc4ccc(C#N)cc4)C3)cc12. The van der Waals surface area contributed by atoms with Gasteiger partial charge in [0.25, 0.3) is 5.91 Å². The largest absolute Gasteiger partial charge is 0.398 e. The Morgan fingerprint density at radius 1 is 1.20 bits per heavy atom. The van der Waals surface area contributed by atoms with E-state index >= 15 is 0 Å². The zero-order valence-corrected chi connectivity index (χ0v) is 19.9. The fourth-order valence-corrected chi connectivity index (χ4v) is 4.38. The summed E-state index contributed by atoms with van der Waals surface area (Å²) in [4.78, 5) is 31.3. The fourth-order valence-electron chi connectivity index (χ4n) is 4.04. The Morgan fingerprint density at radius 3 is 2.57 bits per heavy atom. The van der Waals surface area contributed by atoms with E-state index in [1.807, 2.05) is 13.0 Å². The van der Waals surface area contributed by atoms with Crippen LogP contribution in [0.5, 0.6) is 0 Å². The van der Waals surface area contributed by atoms with Crippen LogP contribution in [0.1, 0.15) is 16.8 Å². The maximum absolute atomic E-state index is 12.8. The highest BCUT2D eigenvalue weighted by Gasteiger charge is 2.26. The van der Waals surface area contributed by atoms with Gasteiger partial charge in [-0.15, -0.1) is 0 Å². The molecule has 0 saturated carbocycles. The first-order valence-corrected chi connectivity index (χ1v) is 11.1. The summed E-state index contributed by atoms with van der Waals surface area (Å²) in [5.74, 6) is -0.755. The minimum atomic E-state index is -0.755. The summed E-state index contributed by atoms with van der Waals surface area (Å²) in [6.07, 6.45) is 0. The van der Waals surface area contributed by atoms with Crippen LogP contribution in [0.25, 0.3) is 16.6 Å². The van der Waals surface area contributed by atoms with Crippen LogP contribution >= 0.6 is 11.6 Å². The molecule has 0 unspecified atom stereocenters. The van der Waals surface area contributed by atoms with E-state index < -0.39 is 5.91 Å². The lowest BCUT2D eigenvalue weighted by Gasteiger charge is -2.27. The van der Waals surface area contributed by atoms with Crippen molar-refractivity contribution in [2.75, 3.05) is 25.0 Å². The van der Waals surface area contributed by atoms with Crippen LogP contribution < -0.4 is 16.8 Å². The summed E-state index contributed by atoms with van der Waals surface area (Å²) >= 11 is 6.49. The Labute approximate surface area is 206 Å². The number of urea groups is 1. The number of carbonyl (C=O) groups is 2. The van der Waals surface area contributed by atoms with Gasteiger partial charge in [0.2, 0.25) is 0 Å². The predicted molar refractivity (Wildman–Crippen MR) is 135 cm³/mol. The van der Waals surface area contributed by atoms with Gasteiger partial charge in [-0.05, 0) is 43.3 Å². The summed E-state index contributed by atoms with van der Waals surface area (Å²) < 4.78 is 1.68. The molecule has 2 heterocycles. The van der Waals surface area contributed by atoms with Gasteiger partial charge in [-0.2, -0.15) is 10.4 Å². The number of nitrogens with one attached hydrogen (secondary N) is 1. The molecule has 1 aliphatic heterocycles. The molecule has 178 valence electrons. The molecule has 0 atom stereocenters. The Hall–Kier alpha value is -4.36. The quantitative estimate of drug-likeness (QED) is 0.479. The number of nitrogens with two attached hydrogens (primary N) is 2. The number of amides is 3. The number of benzene rings is 2. The van der Waals surface area contributed by atoms with Gasteiger partial charge in [0, 0.05) is 30.2 Å². The second-order valence-electron chi connectivity index (χ2n) is 8.09. The second kappa shape index (κ2) is 9.48. The number of primary amides is 1. The van der Waals surface area contributed by atoms with Crippen molar-refractivity contribution in [1.29, 1.82) is 5.26 Å². The molecule has 0 aliphatic carbocycles. The Balaban J connectivity index is 1.63. The van der Waals surface area contributed by atoms with Crippen LogP contribution in [0, 0.1) is 18.3 Å². The first-order valence-electron chi connectivity index (χ1n) is 10.7. The van der Waals surface area contributed by atoms with Crippen LogP contribution in [0.3, 0.4) is 0 Å². The Morgan fingerprint density at radius 2 is 1.91 bits per heavy atom. The topological polar surface area (TPSA) is 155 Å². The fraction of sp³-hybridized carbons (Fsp3) is 0.208. The van der Waals surface area contributed by atoms with Crippen molar-refractivity contribution >= 4 is 51.5 Å². The number of carbonyl (C=O) groups excluding carboxylic acids is 2. The third-order valence-corrected chi connectivity index (χ3v) is 6.05. The Bertz CT molecular complexity index is 1450. The number of nitriles is 1. The standard InChI is InChI=1S/C24H23ClN8O2/c1-13-17-9-15(10-18(25)22(17)32(2)31-13)21(27)20(23(28)34)19-12-33(8-7-29-19)24(35)30-16-5-3-14(11-26)4-6-16/h3-6,9-10H,7-8,12,27H2,1-2H3,(H2,28,34)(H,30,35). The molecule has 0 fully saturated rings. The van der Waals surface area contributed by atoms with Gasteiger partial charge in [0.15, 0.2) is 0 Å². The number of aromatic nitrogens is 2. The molecule has 3 aromatic rings. The predicted octanol–water partition coefficient (Wildman–Crippen LogP) is 2.55. The Kier molecular flexibility index (Phi) is 6.44. The maximum atomic E-state index is 12.8. The molecule has 0 radical (unpaired) electrons. The van der Waals surface area contributed by atoms with Gasteiger partial charge in [-0.25, -0.2) is 4.79 Å². The third-order valence-electron chi connectivity index (χ3n) is 5.76. The lowest BCUT2D eigenvalue weighted by Crippen LogP contribution is -2.45. The smallest absolute Gasteiger partial charge is 0.322 e. The number of fused-ring (bicyclic) bond motifs is 1. The van der Waals surface area contributed by atoms with E-state index in [-0.39, 0.29) is 30.4 Å². The minimum absolute atomic E-state index is 0.0397. The maximum Gasteiger partial charge on any atom is 0.322 e. The van der Waals surface area contributed by atoms with Gasteiger partial charge < -0.3 is 21.7 Å². The van der Waals surface area contributed by atoms with Gasteiger partial charge in [-0.3, -0.25) is 14.5 Å². The van der Waals surface area contributed by atoms with Crippen molar-refractivity contribution < 1.29 is 9.59 Å². The van der Waals surface area contributed by atoms with E-state index in [1.54, 1.807) is 48.1 Å². The van der Waals surface area contributed by atoms with E-state index in [0.29, 0.717) is 34.1 Å². The van der Waals surface area contributed by atoms with E-state index in [0.717, 1.165) is 16.6 Å². The molecule has 35 heavy (non-hydrogen) atoms. The first-order chi connectivity index (χ1) is 16.7. The number of hydrogen-bond acceptors (Lipinski definition) is 6. The van der Waals surface area contributed by atoms with Gasteiger partial charge in [0.05, 0.1) is 57.9 Å².